The first-order valence-electron chi connectivity index (χ1n) is 4.66. The zero-order chi connectivity index (χ0) is 12.7. The maximum Gasteiger partial charge on any atom is 0.258 e. The Bertz CT molecular complexity index is 473. The largest absolute Gasteiger partial charge is 0.365 e. The molecule has 2 rings (SSSR count). The molecule has 0 aliphatic carbocycles. The minimum absolute atomic E-state index is 0.347. The molecule has 0 aliphatic rings. The SMILES string of the molecule is CSc1ncnc(C)n1.NC(=O)c1cccs1. The lowest BCUT2D eigenvalue weighted by molar-refractivity contribution is 0.100. The molecule has 7 heteroatoms. The standard InChI is InChI=1S/C5H7N3S.C5H5NOS/c1-4-6-3-7-5(8-4)9-2;6-5(7)4-2-1-3-8-4/h3H,1-2H3;1-3H,(H2,6,7). The fraction of sp³-hybridized carbons (Fsp3) is 0.200. The first-order chi connectivity index (χ1) is 8.13. The molecule has 90 valence electrons. The maximum absolute atomic E-state index is 10.3. The number of primary amides is 1. The van der Waals surface area contributed by atoms with Gasteiger partial charge in [0.15, 0.2) is 5.16 Å². The van der Waals surface area contributed by atoms with E-state index in [4.69, 9.17) is 5.73 Å². The summed E-state index contributed by atoms with van der Waals surface area (Å²) in [6, 6.07) is 3.50. The molecule has 2 heterocycles. The number of aryl methyl sites for hydroxylation is 1. The summed E-state index contributed by atoms with van der Waals surface area (Å²) >= 11 is 2.88. The van der Waals surface area contributed by atoms with Crippen molar-refractivity contribution in [3.63, 3.8) is 0 Å². The van der Waals surface area contributed by atoms with Gasteiger partial charge in [-0.1, -0.05) is 17.8 Å². The highest BCUT2D eigenvalue weighted by Crippen LogP contribution is 2.05. The van der Waals surface area contributed by atoms with Crippen LogP contribution in [-0.2, 0) is 0 Å². The van der Waals surface area contributed by atoms with Crippen LogP contribution < -0.4 is 5.73 Å². The number of aromatic nitrogens is 3. The van der Waals surface area contributed by atoms with E-state index in [9.17, 15) is 4.79 Å². The Morgan fingerprint density at radius 3 is 2.59 bits per heavy atom. The van der Waals surface area contributed by atoms with Crippen molar-refractivity contribution in [1.29, 1.82) is 0 Å². The van der Waals surface area contributed by atoms with E-state index in [2.05, 4.69) is 15.0 Å². The molecule has 2 aromatic heterocycles. The number of carbonyl (C=O) groups is 1. The average Bonchev–Trinajstić information content (AvgIpc) is 2.83. The van der Waals surface area contributed by atoms with Crippen molar-refractivity contribution in [2.24, 2.45) is 5.73 Å². The molecule has 0 spiro atoms. The number of thioether (sulfide) groups is 1. The van der Waals surface area contributed by atoms with Gasteiger partial charge in [0.1, 0.15) is 12.2 Å². The molecule has 2 N–H and O–H groups in total. The molecule has 0 bridgehead atoms. The van der Waals surface area contributed by atoms with Crippen LogP contribution in [0.4, 0.5) is 0 Å². The molecule has 0 radical (unpaired) electrons. The summed E-state index contributed by atoms with van der Waals surface area (Å²) in [5, 5.41) is 2.60. The third kappa shape index (κ3) is 4.92. The Kier molecular flexibility index (Phi) is 5.58. The van der Waals surface area contributed by atoms with Crippen LogP contribution in [0, 0.1) is 6.92 Å². The molecule has 17 heavy (non-hydrogen) atoms. The van der Waals surface area contributed by atoms with Gasteiger partial charge in [-0.2, -0.15) is 0 Å². The van der Waals surface area contributed by atoms with Gasteiger partial charge in [0.05, 0.1) is 4.88 Å². The lowest BCUT2D eigenvalue weighted by Gasteiger charge is -1.91. The van der Waals surface area contributed by atoms with Crippen LogP contribution >= 0.6 is 23.1 Å². The van der Waals surface area contributed by atoms with E-state index < -0.39 is 0 Å². The van der Waals surface area contributed by atoms with Crippen LogP contribution in [0.25, 0.3) is 0 Å². The van der Waals surface area contributed by atoms with Crippen molar-refractivity contribution in [3.05, 3.63) is 34.5 Å². The molecule has 0 saturated carbocycles. The van der Waals surface area contributed by atoms with E-state index in [0.717, 1.165) is 11.0 Å². The van der Waals surface area contributed by atoms with E-state index in [1.165, 1.54) is 29.4 Å². The second kappa shape index (κ2) is 6.97. The molecule has 0 saturated heterocycles. The molecule has 5 nitrogen and oxygen atoms in total. The number of carbonyl (C=O) groups excluding carboxylic acids is 1. The number of thiophene rings is 1. The zero-order valence-corrected chi connectivity index (χ0v) is 11.1. The van der Waals surface area contributed by atoms with Crippen molar-refractivity contribution in [3.8, 4) is 0 Å². The normalized spacial score (nSPS) is 9.29. The smallest absolute Gasteiger partial charge is 0.258 e. The van der Waals surface area contributed by atoms with Gasteiger partial charge >= 0.3 is 0 Å². The van der Waals surface area contributed by atoms with E-state index in [1.54, 1.807) is 12.1 Å². The summed E-state index contributed by atoms with van der Waals surface area (Å²) in [6.07, 6.45) is 3.46. The van der Waals surface area contributed by atoms with Gasteiger partial charge in [-0.15, -0.1) is 11.3 Å². The van der Waals surface area contributed by atoms with Crippen LogP contribution in [0.3, 0.4) is 0 Å². The third-order valence-electron chi connectivity index (χ3n) is 1.62. The van der Waals surface area contributed by atoms with Gasteiger partial charge in [0.2, 0.25) is 0 Å². The van der Waals surface area contributed by atoms with Gasteiger partial charge < -0.3 is 5.73 Å². The molecule has 2 aromatic rings. The Morgan fingerprint density at radius 1 is 1.47 bits per heavy atom. The van der Waals surface area contributed by atoms with Crippen molar-refractivity contribution in [2.75, 3.05) is 6.26 Å². The van der Waals surface area contributed by atoms with Gasteiger partial charge in [-0.05, 0) is 24.6 Å². The Hall–Kier alpha value is -1.47. The first kappa shape index (κ1) is 13.6. The predicted octanol–water partition coefficient (Wildman–Crippen LogP) is 1.75. The maximum atomic E-state index is 10.3. The summed E-state index contributed by atoms with van der Waals surface area (Å²) in [4.78, 5) is 22.7. The van der Waals surface area contributed by atoms with Crippen LogP contribution in [0.1, 0.15) is 15.5 Å². The second-order valence-electron chi connectivity index (χ2n) is 2.86. The minimum atomic E-state index is -0.347. The number of nitrogens with two attached hydrogens (primary N) is 1. The molecular formula is C10H12N4OS2. The van der Waals surface area contributed by atoms with E-state index in [-0.39, 0.29) is 5.91 Å². The summed E-state index contributed by atoms with van der Waals surface area (Å²) in [5.74, 6) is 0.425. The first-order valence-corrected chi connectivity index (χ1v) is 6.77. The number of rotatable bonds is 2. The van der Waals surface area contributed by atoms with Crippen molar-refractivity contribution < 1.29 is 4.79 Å². The highest BCUT2D eigenvalue weighted by atomic mass is 32.2. The van der Waals surface area contributed by atoms with Crippen molar-refractivity contribution in [1.82, 2.24) is 15.0 Å². The fourth-order valence-electron chi connectivity index (χ4n) is 0.875. The summed E-state index contributed by atoms with van der Waals surface area (Å²) in [6.45, 7) is 1.85. The molecule has 0 aliphatic heterocycles. The van der Waals surface area contributed by atoms with E-state index >= 15 is 0 Å². The molecule has 0 atom stereocenters. The van der Waals surface area contributed by atoms with Gasteiger partial charge in [-0.25, -0.2) is 15.0 Å². The summed E-state index contributed by atoms with van der Waals surface area (Å²) in [5.41, 5.74) is 4.93. The number of nitrogens with zero attached hydrogens (tertiary/aromatic N) is 3. The molecule has 1 amide bonds. The van der Waals surface area contributed by atoms with Gasteiger partial charge in [0.25, 0.3) is 5.91 Å². The number of amides is 1. The highest BCUT2D eigenvalue weighted by molar-refractivity contribution is 7.98. The predicted molar refractivity (Wildman–Crippen MR) is 69.2 cm³/mol. The zero-order valence-electron chi connectivity index (χ0n) is 9.45. The quantitative estimate of drug-likeness (QED) is 0.839. The van der Waals surface area contributed by atoms with Gasteiger partial charge in [-0.3, -0.25) is 4.79 Å². The van der Waals surface area contributed by atoms with Crippen LogP contribution in [0.2, 0.25) is 0 Å². The van der Waals surface area contributed by atoms with Gasteiger partial charge in [0, 0.05) is 0 Å². The lowest BCUT2D eigenvalue weighted by Crippen LogP contribution is -2.07. The average molecular weight is 268 g/mol. The van der Waals surface area contributed by atoms with Crippen molar-refractivity contribution >= 4 is 29.0 Å². The highest BCUT2D eigenvalue weighted by Gasteiger charge is 1.96. The number of hydrogen-bond acceptors (Lipinski definition) is 6. The van der Waals surface area contributed by atoms with Crippen LogP contribution in [0.15, 0.2) is 29.0 Å². The Balaban J connectivity index is 0.000000171. The third-order valence-corrected chi connectivity index (χ3v) is 3.06. The Morgan fingerprint density at radius 2 is 2.24 bits per heavy atom. The van der Waals surface area contributed by atoms with Crippen LogP contribution in [-0.4, -0.2) is 27.1 Å². The molecular weight excluding hydrogens is 256 g/mol. The summed E-state index contributed by atoms with van der Waals surface area (Å²) < 4.78 is 0. The molecule has 0 unspecified atom stereocenters. The van der Waals surface area contributed by atoms with Crippen molar-refractivity contribution in [2.45, 2.75) is 12.1 Å². The van der Waals surface area contributed by atoms with E-state index in [1.807, 2.05) is 18.6 Å². The second-order valence-corrected chi connectivity index (χ2v) is 4.58. The molecule has 0 fully saturated rings. The monoisotopic (exact) mass is 268 g/mol. The topological polar surface area (TPSA) is 81.8 Å². The Labute approximate surface area is 108 Å². The number of hydrogen-bond donors (Lipinski definition) is 1. The van der Waals surface area contributed by atoms with Crippen LogP contribution in [0.5, 0.6) is 0 Å². The minimum Gasteiger partial charge on any atom is -0.365 e. The molecule has 0 aromatic carbocycles. The lowest BCUT2D eigenvalue weighted by atomic mass is 10.5. The fourth-order valence-corrected chi connectivity index (χ4v) is 1.83. The summed E-state index contributed by atoms with van der Waals surface area (Å²) in [7, 11) is 0. The van der Waals surface area contributed by atoms with E-state index in [0.29, 0.717) is 4.88 Å².